The van der Waals surface area contributed by atoms with Crippen molar-refractivity contribution in [3.63, 3.8) is 0 Å². The van der Waals surface area contributed by atoms with Crippen LogP contribution in [0.4, 0.5) is 5.95 Å². The first-order valence-corrected chi connectivity index (χ1v) is 9.64. The number of hydrogen-bond acceptors (Lipinski definition) is 4. The zero-order chi connectivity index (χ0) is 18.2. The number of rotatable bonds is 3. The summed E-state index contributed by atoms with van der Waals surface area (Å²) in [5.74, 6) is 1.06. The average molecular weight is 358 g/mol. The molecule has 136 valence electrons. The van der Waals surface area contributed by atoms with Gasteiger partial charge in [-0.05, 0) is 35.7 Å². The van der Waals surface area contributed by atoms with E-state index in [0.29, 0.717) is 18.4 Å². The molecule has 1 unspecified atom stereocenters. The van der Waals surface area contributed by atoms with Crippen molar-refractivity contribution >= 4 is 22.6 Å². The highest BCUT2D eigenvalue weighted by Crippen LogP contribution is 2.27. The molecule has 0 spiro atoms. The summed E-state index contributed by atoms with van der Waals surface area (Å²) >= 11 is 0. The Balaban J connectivity index is 1.39. The summed E-state index contributed by atoms with van der Waals surface area (Å²) in [5, 5.41) is 2.44. The third-order valence-electron chi connectivity index (χ3n) is 5.69. The second-order valence-corrected chi connectivity index (χ2v) is 7.38. The van der Waals surface area contributed by atoms with Crippen LogP contribution in [0, 0.1) is 0 Å². The van der Waals surface area contributed by atoms with Gasteiger partial charge in [0.15, 0.2) is 0 Å². The van der Waals surface area contributed by atoms with Crippen LogP contribution in [0.15, 0.2) is 54.7 Å². The zero-order valence-corrected chi connectivity index (χ0v) is 15.2. The minimum atomic E-state index is 0.299. The number of carbonyl (C=O) groups is 1. The Hall–Kier alpha value is -2.95. The molecule has 2 aliphatic rings. The van der Waals surface area contributed by atoms with Gasteiger partial charge in [-0.3, -0.25) is 4.79 Å². The number of aromatic nitrogens is 2. The van der Waals surface area contributed by atoms with Crippen LogP contribution in [0.1, 0.15) is 19.3 Å². The van der Waals surface area contributed by atoms with Crippen molar-refractivity contribution in [2.24, 2.45) is 0 Å². The van der Waals surface area contributed by atoms with Crippen molar-refractivity contribution in [3.05, 3.63) is 54.7 Å². The Labute approximate surface area is 158 Å². The van der Waals surface area contributed by atoms with Crippen LogP contribution >= 0.6 is 0 Å². The molecular formula is C22H22N4O. The van der Waals surface area contributed by atoms with E-state index in [1.807, 2.05) is 17.2 Å². The molecule has 2 fully saturated rings. The van der Waals surface area contributed by atoms with E-state index >= 15 is 0 Å². The molecule has 0 aliphatic carbocycles. The van der Waals surface area contributed by atoms with Gasteiger partial charge in [0.05, 0.1) is 11.7 Å². The molecule has 27 heavy (non-hydrogen) atoms. The zero-order valence-electron chi connectivity index (χ0n) is 15.2. The van der Waals surface area contributed by atoms with Gasteiger partial charge in [0.25, 0.3) is 0 Å². The number of likely N-dealkylation sites (tertiary alicyclic amines) is 1. The summed E-state index contributed by atoms with van der Waals surface area (Å²) in [7, 11) is 0. The molecule has 0 N–H and O–H groups in total. The van der Waals surface area contributed by atoms with Gasteiger partial charge in [-0.25, -0.2) is 9.97 Å². The van der Waals surface area contributed by atoms with Crippen LogP contribution < -0.4 is 4.90 Å². The molecule has 0 saturated carbocycles. The van der Waals surface area contributed by atoms with E-state index in [-0.39, 0.29) is 0 Å². The van der Waals surface area contributed by atoms with E-state index in [1.165, 1.54) is 10.8 Å². The number of amides is 1. The lowest BCUT2D eigenvalue weighted by Crippen LogP contribution is -2.38. The molecule has 0 bridgehead atoms. The number of fused-ring (bicyclic) bond motifs is 1. The second-order valence-electron chi connectivity index (χ2n) is 7.38. The molecule has 1 atom stereocenters. The molecule has 1 amide bonds. The molecule has 2 aromatic carbocycles. The summed E-state index contributed by atoms with van der Waals surface area (Å²) in [5.41, 5.74) is 2.04. The molecule has 2 aliphatic heterocycles. The SMILES string of the molecule is O=C1CCCN1C1CCN(c2nccc(-c3ccc4ccccc4c3)n2)C1. The normalized spacial score (nSPS) is 20.0. The summed E-state index contributed by atoms with van der Waals surface area (Å²) in [4.78, 5) is 25.6. The molecular weight excluding hydrogens is 336 g/mol. The van der Waals surface area contributed by atoms with E-state index in [9.17, 15) is 4.79 Å². The lowest BCUT2D eigenvalue weighted by atomic mass is 10.1. The fourth-order valence-electron chi connectivity index (χ4n) is 4.24. The van der Waals surface area contributed by atoms with Gasteiger partial charge in [-0.15, -0.1) is 0 Å². The molecule has 5 nitrogen and oxygen atoms in total. The monoisotopic (exact) mass is 358 g/mol. The van der Waals surface area contributed by atoms with E-state index in [0.717, 1.165) is 49.7 Å². The third-order valence-corrected chi connectivity index (χ3v) is 5.69. The summed E-state index contributed by atoms with van der Waals surface area (Å²) in [6.45, 7) is 2.62. The summed E-state index contributed by atoms with van der Waals surface area (Å²) in [6.07, 6.45) is 4.52. The molecule has 5 rings (SSSR count). The molecule has 3 heterocycles. The highest BCUT2D eigenvalue weighted by atomic mass is 16.2. The Morgan fingerprint density at radius 3 is 2.74 bits per heavy atom. The standard InChI is InChI=1S/C22H22N4O/c27-21-6-3-12-26(21)19-10-13-25(15-19)22-23-11-9-20(24-22)18-8-7-16-4-1-2-5-17(16)14-18/h1-2,4-5,7-9,11,14,19H,3,6,10,12-13,15H2. The van der Waals surface area contributed by atoms with Crippen LogP contribution in [0.2, 0.25) is 0 Å². The first-order chi connectivity index (χ1) is 13.3. The first-order valence-electron chi connectivity index (χ1n) is 9.64. The molecule has 5 heteroatoms. The average Bonchev–Trinajstić information content (AvgIpc) is 3.36. The quantitative estimate of drug-likeness (QED) is 0.719. The van der Waals surface area contributed by atoms with Gasteiger partial charge in [0.1, 0.15) is 0 Å². The molecule has 2 saturated heterocycles. The smallest absolute Gasteiger partial charge is 0.225 e. The Bertz CT molecular complexity index is 1000. The van der Waals surface area contributed by atoms with E-state index in [2.05, 4.69) is 52.3 Å². The van der Waals surface area contributed by atoms with E-state index < -0.39 is 0 Å². The topological polar surface area (TPSA) is 49.3 Å². The van der Waals surface area contributed by atoms with Crippen LogP contribution in [0.5, 0.6) is 0 Å². The molecule has 1 aromatic heterocycles. The Morgan fingerprint density at radius 2 is 1.89 bits per heavy atom. The third kappa shape index (κ3) is 3.03. The maximum atomic E-state index is 12.0. The van der Waals surface area contributed by atoms with Crippen molar-refractivity contribution in [1.82, 2.24) is 14.9 Å². The highest BCUT2D eigenvalue weighted by Gasteiger charge is 2.33. The summed E-state index contributed by atoms with van der Waals surface area (Å²) < 4.78 is 0. The number of hydrogen-bond donors (Lipinski definition) is 0. The van der Waals surface area contributed by atoms with E-state index in [1.54, 1.807) is 0 Å². The minimum absolute atomic E-state index is 0.299. The fraction of sp³-hybridized carbons (Fsp3) is 0.318. The van der Waals surface area contributed by atoms with Gasteiger partial charge < -0.3 is 9.80 Å². The lowest BCUT2D eigenvalue weighted by Gasteiger charge is -2.24. The predicted octanol–water partition coefficient (Wildman–Crippen LogP) is 3.50. The fourth-order valence-corrected chi connectivity index (χ4v) is 4.24. The van der Waals surface area contributed by atoms with Crippen molar-refractivity contribution in [2.45, 2.75) is 25.3 Å². The van der Waals surface area contributed by atoms with Crippen molar-refractivity contribution < 1.29 is 4.79 Å². The van der Waals surface area contributed by atoms with Crippen molar-refractivity contribution in [2.75, 3.05) is 24.5 Å². The number of nitrogens with zero attached hydrogens (tertiary/aromatic N) is 4. The minimum Gasteiger partial charge on any atom is -0.339 e. The first kappa shape index (κ1) is 16.2. The largest absolute Gasteiger partial charge is 0.339 e. The molecule has 0 radical (unpaired) electrons. The van der Waals surface area contributed by atoms with Gasteiger partial charge in [-0.2, -0.15) is 0 Å². The van der Waals surface area contributed by atoms with Crippen molar-refractivity contribution in [3.8, 4) is 11.3 Å². The van der Waals surface area contributed by atoms with Crippen molar-refractivity contribution in [1.29, 1.82) is 0 Å². The van der Waals surface area contributed by atoms with Gasteiger partial charge >= 0.3 is 0 Å². The van der Waals surface area contributed by atoms with Crippen LogP contribution in [0.25, 0.3) is 22.0 Å². The Kier molecular flexibility index (Phi) is 4.00. The summed E-state index contributed by atoms with van der Waals surface area (Å²) in [6, 6.07) is 17.0. The Morgan fingerprint density at radius 1 is 1.00 bits per heavy atom. The second kappa shape index (κ2) is 6.65. The number of carbonyl (C=O) groups excluding carboxylic acids is 1. The van der Waals surface area contributed by atoms with Gasteiger partial charge in [-0.1, -0.05) is 36.4 Å². The number of anilines is 1. The molecule has 3 aromatic rings. The van der Waals surface area contributed by atoms with E-state index in [4.69, 9.17) is 4.98 Å². The van der Waals surface area contributed by atoms with Gasteiger partial charge in [0.2, 0.25) is 11.9 Å². The van der Waals surface area contributed by atoms with Crippen LogP contribution in [0.3, 0.4) is 0 Å². The maximum Gasteiger partial charge on any atom is 0.225 e. The lowest BCUT2D eigenvalue weighted by molar-refractivity contribution is -0.129. The predicted molar refractivity (Wildman–Crippen MR) is 107 cm³/mol. The number of benzene rings is 2. The maximum absolute atomic E-state index is 12.0. The van der Waals surface area contributed by atoms with Crippen LogP contribution in [-0.2, 0) is 4.79 Å². The van der Waals surface area contributed by atoms with Crippen LogP contribution in [-0.4, -0.2) is 46.5 Å². The highest BCUT2D eigenvalue weighted by molar-refractivity contribution is 5.86. The van der Waals surface area contributed by atoms with Gasteiger partial charge in [0, 0.05) is 37.8 Å².